The molecule has 0 aliphatic carbocycles. The first-order chi connectivity index (χ1) is 11.5. The van der Waals surface area contributed by atoms with Crippen LogP contribution in [0.25, 0.3) is 0 Å². The molecule has 2 heterocycles. The Labute approximate surface area is 136 Å². The number of carbonyl (C=O) groups excluding carboxylic acids is 1. The van der Waals surface area contributed by atoms with Crippen molar-refractivity contribution in [3.05, 3.63) is 47.5 Å². The van der Waals surface area contributed by atoms with Crippen LogP contribution >= 0.6 is 0 Å². The number of carboxylic acid groups (broad SMARTS) is 1. The smallest absolute Gasteiger partial charge is 0.358 e. The summed E-state index contributed by atoms with van der Waals surface area (Å²) in [6.07, 6.45) is 0.656. The van der Waals surface area contributed by atoms with Crippen LogP contribution in [0.4, 0.5) is 4.39 Å². The van der Waals surface area contributed by atoms with Crippen molar-refractivity contribution in [1.29, 1.82) is 0 Å². The molecule has 1 amide bonds. The van der Waals surface area contributed by atoms with E-state index in [-0.39, 0.29) is 30.5 Å². The molecular weight excluding hydrogens is 319 g/mol. The normalized spacial score (nSPS) is 17.7. The van der Waals surface area contributed by atoms with E-state index in [1.807, 2.05) is 0 Å². The summed E-state index contributed by atoms with van der Waals surface area (Å²) >= 11 is 0. The molecule has 1 fully saturated rings. The van der Waals surface area contributed by atoms with Crippen LogP contribution in [0.5, 0.6) is 0 Å². The van der Waals surface area contributed by atoms with E-state index in [0.29, 0.717) is 18.7 Å². The lowest BCUT2D eigenvalue weighted by atomic mass is 10.1. The Morgan fingerprint density at radius 1 is 1.38 bits per heavy atom. The van der Waals surface area contributed by atoms with Gasteiger partial charge in [0, 0.05) is 12.1 Å². The zero-order valence-electron chi connectivity index (χ0n) is 12.6. The number of rotatable bonds is 4. The van der Waals surface area contributed by atoms with E-state index in [9.17, 15) is 14.0 Å². The van der Waals surface area contributed by atoms with Gasteiger partial charge in [-0.15, -0.1) is 5.10 Å². The molecule has 8 nitrogen and oxygen atoms in total. The maximum Gasteiger partial charge on any atom is 0.358 e. The van der Waals surface area contributed by atoms with Gasteiger partial charge in [0.05, 0.1) is 19.3 Å². The van der Waals surface area contributed by atoms with Crippen LogP contribution < -0.4 is 0 Å². The largest absolute Gasteiger partial charge is 0.476 e. The number of morpholine rings is 1. The number of halogens is 1. The minimum absolute atomic E-state index is 0.135. The number of carbonyl (C=O) groups is 2. The summed E-state index contributed by atoms with van der Waals surface area (Å²) in [4.78, 5) is 24.7. The minimum atomic E-state index is -1.21. The number of carboxylic acids is 1. The molecule has 0 radical (unpaired) electrons. The molecule has 0 bridgehead atoms. The third-order valence-corrected chi connectivity index (χ3v) is 3.73. The van der Waals surface area contributed by atoms with Gasteiger partial charge in [0.15, 0.2) is 5.69 Å². The third-order valence-electron chi connectivity index (χ3n) is 3.73. The highest BCUT2D eigenvalue weighted by Gasteiger charge is 2.27. The van der Waals surface area contributed by atoms with Crippen molar-refractivity contribution in [1.82, 2.24) is 19.9 Å². The SMILES string of the molecule is O=C(O)c1cn(CC(=O)N2CCOC(c3ccccc3F)C2)nn1. The zero-order valence-corrected chi connectivity index (χ0v) is 12.6. The number of hydrogen-bond donors (Lipinski definition) is 1. The maximum atomic E-state index is 13.9. The fourth-order valence-electron chi connectivity index (χ4n) is 2.51. The van der Waals surface area contributed by atoms with Gasteiger partial charge in [-0.1, -0.05) is 23.4 Å². The molecule has 3 rings (SSSR count). The summed E-state index contributed by atoms with van der Waals surface area (Å²) in [5.41, 5.74) is 0.179. The number of aromatic carboxylic acids is 1. The predicted molar refractivity (Wildman–Crippen MR) is 78.7 cm³/mol. The highest BCUT2D eigenvalue weighted by Crippen LogP contribution is 2.24. The Morgan fingerprint density at radius 2 is 2.17 bits per heavy atom. The van der Waals surface area contributed by atoms with Crippen molar-refractivity contribution >= 4 is 11.9 Å². The number of benzene rings is 1. The van der Waals surface area contributed by atoms with Crippen molar-refractivity contribution in [2.24, 2.45) is 0 Å². The van der Waals surface area contributed by atoms with E-state index in [1.165, 1.54) is 16.9 Å². The number of ether oxygens (including phenoxy) is 1. The molecular formula is C15H15FN4O4. The molecule has 0 saturated carbocycles. The number of aromatic nitrogens is 3. The summed E-state index contributed by atoms with van der Waals surface area (Å²) in [5, 5.41) is 15.9. The van der Waals surface area contributed by atoms with Gasteiger partial charge in [0.1, 0.15) is 18.5 Å². The molecule has 126 valence electrons. The first-order valence-corrected chi connectivity index (χ1v) is 7.32. The molecule has 1 unspecified atom stereocenters. The number of amides is 1. The molecule has 2 aromatic rings. The van der Waals surface area contributed by atoms with E-state index in [2.05, 4.69) is 10.3 Å². The Kier molecular flexibility index (Phi) is 4.52. The van der Waals surface area contributed by atoms with Crippen molar-refractivity contribution < 1.29 is 23.8 Å². The quantitative estimate of drug-likeness (QED) is 0.885. The molecule has 9 heteroatoms. The summed E-state index contributed by atoms with van der Waals surface area (Å²) < 4.78 is 20.6. The zero-order chi connectivity index (χ0) is 17.1. The Balaban J connectivity index is 1.66. The highest BCUT2D eigenvalue weighted by atomic mass is 19.1. The van der Waals surface area contributed by atoms with E-state index < -0.39 is 12.1 Å². The standard InChI is InChI=1S/C15H15FN4O4/c16-11-4-2-1-3-10(11)13-8-19(5-6-24-13)14(21)9-20-7-12(15(22)23)17-18-20/h1-4,7,13H,5-6,8-9H2,(H,22,23). The van der Waals surface area contributed by atoms with E-state index in [0.717, 1.165) is 0 Å². The average Bonchev–Trinajstić information content (AvgIpc) is 3.04. The first kappa shape index (κ1) is 16.1. The van der Waals surface area contributed by atoms with E-state index >= 15 is 0 Å². The van der Waals surface area contributed by atoms with E-state index in [1.54, 1.807) is 23.1 Å². The van der Waals surface area contributed by atoms with Crippen LogP contribution in [0.15, 0.2) is 30.5 Å². The van der Waals surface area contributed by atoms with Gasteiger partial charge in [-0.05, 0) is 6.07 Å². The van der Waals surface area contributed by atoms with Crippen LogP contribution in [0.1, 0.15) is 22.2 Å². The van der Waals surface area contributed by atoms with Gasteiger partial charge in [-0.2, -0.15) is 0 Å². The lowest BCUT2D eigenvalue weighted by Gasteiger charge is -2.33. The average molecular weight is 334 g/mol. The predicted octanol–water partition coefficient (Wildman–Crippen LogP) is 0.715. The third kappa shape index (κ3) is 3.40. The molecule has 0 spiro atoms. The number of nitrogens with zero attached hydrogens (tertiary/aromatic N) is 4. The van der Waals surface area contributed by atoms with Crippen molar-refractivity contribution in [3.63, 3.8) is 0 Å². The van der Waals surface area contributed by atoms with Gasteiger partial charge in [-0.25, -0.2) is 13.9 Å². The molecule has 1 aliphatic rings. The van der Waals surface area contributed by atoms with Gasteiger partial charge < -0.3 is 14.7 Å². The molecule has 1 N–H and O–H groups in total. The van der Waals surface area contributed by atoms with Crippen LogP contribution in [-0.4, -0.2) is 56.6 Å². The lowest BCUT2D eigenvalue weighted by molar-refractivity contribution is -0.140. The van der Waals surface area contributed by atoms with Crippen LogP contribution in [0.3, 0.4) is 0 Å². The van der Waals surface area contributed by atoms with Gasteiger partial charge in [-0.3, -0.25) is 4.79 Å². The van der Waals surface area contributed by atoms with Crippen molar-refractivity contribution in [2.75, 3.05) is 19.7 Å². The van der Waals surface area contributed by atoms with Gasteiger partial charge >= 0.3 is 5.97 Å². The summed E-state index contributed by atoms with van der Waals surface area (Å²) in [5.74, 6) is -1.85. The second-order valence-corrected chi connectivity index (χ2v) is 5.33. The molecule has 24 heavy (non-hydrogen) atoms. The topological polar surface area (TPSA) is 97.5 Å². The fraction of sp³-hybridized carbons (Fsp3) is 0.333. The molecule has 1 aromatic heterocycles. The number of hydrogen-bond acceptors (Lipinski definition) is 5. The van der Waals surface area contributed by atoms with E-state index in [4.69, 9.17) is 9.84 Å². The van der Waals surface area contributed by atoms with Crippen LogP contribution in [-0.2, 0) is 16.1 Å². The minimum Gasteiger partial charge on any atom is -0.476 e. The van der Waals surface area contributed by atoms with Crippen molar-refractivity contribution in [3.8, 4) is 0 Å². The van der Waals surface area contributed by atoms with Crippen LogP contribution in [0.2, 0.25) is 0 Å². The first-order valence-electron chi connectivity index (χ1n) is 7.32. The lowest BCUT2D eigenvalue weighted by Crippen LogP contribution is -2.43. The van der Waals surface area contributed by atoms with Gasteiger partial charge in [0.25, 0.3) is 0 Å². The molecule has 1 saturated heterocycles. The summed E-state index contributed by atoms with van der Waals surface area (Å²) in [6.45, 7) is 0.761. The highest BCUT2D eigenvalue weighted by molar-refractivity contribution is 5.84. The molecule has 1 aromatic carbocycles. The molecule has 1 atom stereocenters. The Hall–Kier alpha value is -2.81. The Morgan fingerprint density at radius 3 is 2.88 bits per heavy atom. The maximum absolute atomic E-state index is 13.9. The second kappa shape index (κ2) is 6.75. The van der Waals surface area contributed by atoms with Gasteiger partial charge in [0.2, 0.25) is 5.91 Å². The fourth-order valence-corrected chi connectivity index (χ4v) is 2.51. The Bertz CT molecular complexity index is 763. The summed E-state index contributed by atoms with van der Waals surface area (Å²) in [6, 6.07) is 6.29. The second-order valence-electron chi connectivity index (χ2n) is 5.33. The van der Waals surface area contributed by atoms with Crippen LogP contribution in [0, 0.1) is 5.82 Å². The van der Waals surface area contributed by atoms with Crippen molar-refractivity contribution in [2.45, 2.75) is 12.6 Å². The summed E-state index contributed by atoms with van der Waals surface area (Å²) in [7, 11) is 0. The monoisotopic (exact) mass is 334 g/mol. The molecule has 1 aliphatic heterocycles.